The fourth-order valence-corrected chi connectivity index (χ4v) is 2.11. The molecular formula is C17H14F4O2. The van der Waals surface area contributed by atoms with Crippen LogP contribution in [0.3, 0.4) is 0 Å². The number of alkyl halides is 3. The molecule has 0 saturated carbocycles. The van der Waals surface area contributed by atoms with Gasteiger partial charge in [0.05, 0.1) is 11.1 Å². The van der Waals surface area contributed by atoms with Gasteiger partial charge in [-0.15, -0.1) is 0 Å². The molecule has 0 heterocycles. The summed E-state index contributed by atoms with van der Waals surface area (Å²) in [4.78, 5) is 12.0. The van der Waals surface area contributed by atoms with Crippen LogP contribution < -0.4 is 4.74 Å². The molecule has 0 aliphatic rings. The Bertz CT molecular complexity index is 708. The molecule has 0 aliphatic heterocycles. The van der Waals surface area contributed by atoms with Gasteiger partial charge in [-0.05, 0) is 36.2 Å². The molecule has 2 aromatic carbocycles. The van der Waals surface area contributed by atoms with Gasteiger partial charge in [-0.25, -0.2) is 9.18 Å². The quantitative estimate of drug-likeness (QED) is 0.448. The molecule has 0 spiro atoms. The van der Waals surface area contributed by atoms with Gasteiger partial charge in [0.1, 0.15) is 11.6 Å². The van der Waals surface area contributed by atoms with Crippen molar-refractivity contribution < 1.29 is 27.1 Å². The Morgan fingerprint density at radius 2 is 1.83 bits per heavy atom. The molecule has 23 heavy (non-hydrogen) atoms. The highest BCUT2D eigenvalue weighted by molar-refractivity contribution is 5.91. The zero-order valence-electron chi connectivity index (χ0n) is 12.3. The van der Waals surface area contributed by atoms with Gasteiger partial charge in [-0.3, -0.25) is 0 Å². The number of esters is 1. The average molecular weight is 326 g/mol. The van der Waals surface area contributed by atoms with Crippen molar-refractivity contribution in [3.8, 4) is 5.75 Å². The lowest BCUT2D eigenvalue weighted by Crippen LogP contribution is -2.13. The fraction of sp³-hybridized carbons (Fsp3) is 0.235. The van der Waals surface area contributed by atoms with Gasteiger partial charge >= 0.3 is 12.1 Å². The second kappa shape index (κ2) is 6.81. The van der Waals surface area contributed by atoms with Crippen molar-refractivity contribution in [3.63, 3.8) is 0 Å². The second-order valence-corrected chi connectivity index (χ2v) is 4.94. The molecule has 2 rings (SSSR count). The highest BCUT2D eigenvalue weighted by Crippen LogP contribution is 2.31. The van der Waals surface area contributed by atoms with Gasteiger partial charge in [0.15, 0.2) is 0 Å². The molecular weight excluding hydrogens is 312 g/mol. The number of aryl methyl sites for hydroxylation is 1. The summed E-state index contributed by atoms with van der Waals surface area (Å²) < 4.78 is 56.2. The van der Waals surface area contributed by atoms with Crippen LogP contribution in [0.15, 0.2) is 42.5 Å². The zero-order chi connectivity index (χ0) is 17.0. The summed E-state index contributed by atoms with van der Waals surface area (Å²) in [5.41, 5.74) is -0.891. The van der Waals surface area contributed by atoms with Crippen LogP contribution in [0.1, 0.15) is 34.8 Å². The summed E-state index contributed by atoms with van der Waals surface area (Å²) in [5.74, 6) is -2.09. The number of carbonyl (C=O) groups is 1. The minimum Gasteiger partial charge on any atom is -0.423 e. The largest absolute Gasteiger partial charge is 0.423 e. The van der Waals surface area contributed by atoms with Gasteiger partial charge in [-0.2, -0.15) is 13.2 Å². The van der Waals surface area contributed by atoms with Gasteiger partial charge in [0.25, 0.3) is 0 Å². The Morgan fingerprint density at radius 3 is 2.43 bits per heavy atom. The molecule has 0 radical (unpaired) electrons. The van der Waals surface area contributed by atoms with Crippen molar-refractivity contribution in [2.75, 3.05) is 0 Å². The Morgan fingerprint density at radius 1 is 1.13 bits per heavy atom. The molecule has 0 unspecified atom stereocenters. The van der Waals surface area contributed by atoms with Gasteiger partial charge < -0.3 is 4.74 Å². The molecule has 6 heteroatoms. The molecule has 0 aromatic heterocycles. The average Bonchev–Trinajstić information content (AvgIpc) is 2.48. The minimum atomic E-state index is -4.81. The van der Waals surface area contributed by atoms with E-state index in [9.17, 15) is 22.4 Å². The standard InChI is InChI=1S/C17H14F4O2/c1-2-5-11-6-3-4-7-15(11)23-16(22)12-8-9-13(14(18)10-12)17(19,20)21/h3-4,6-10H,2,5H2,1H3. The lowest BCUT2D eigenvalue weighted by molar-refractivity contribution is -0.140. The van der Waals surface area contributed by atoms with Crippen molar-refractivity contribution in [1.29, 1.82) is 0 Å². The first-order chi connectivity index (χ1) is 10.8. The molecule has 0 atom stereocenters. The summed E-state index contributed by atoms with van der Waals surface area (Å²) in [5, 5.41) is 0. The SMILES string of the molecule is CCCc1ccccc1OC(=O)c1ccc(C(F)(F)F)c(F)c1. The van der Waals surface area contributed by atoms with E-state index >= 15 is 0 Å². The number of hydrogen-bond acceptors (Lipinski definition) is 2. The molecule has 0 amide bonds. The van der Waals surface area contributed by atoms with E-state index in [2.05, 4.69) is 0 Å². The maximum atomic E-state index is 13.5. The fourth-order valence-electron chi connectivity index (χ4n) is 2.11. The minimum absolute atomic E-state index is 0.276. The Labute approximate surface area is 130 Å². The van der Waals surface area contributed by atoms with Crippen LogP contribution in [0.25, 0.3) is 0 Å². The topological polar surface area (TPSA) is 26.3 Å². The third kappa shape index (κ3) is 4.09. The van der Waals surface area contributed by atoms with Crippen LogP contribution in [0.4, 0.5) is 17.6 Å². The molecule has 122 valence electrons. The summed E-state index contributed by atoms with van der Waals surface area (Å²) in [6, 6.07) is 8.81. The monoisotopic (exact) mass is 326 g/mol. The van der Waals surface area contributed by atoms with E-state index in [1.807, 2.05) is 6.92 Å². The van der Waals surface area contributed by atoms with Crippen LogP contribution in [0, 0.1) is 5.82 Å². The molecule has 0 bridgehead atoms. The first kappa shape index (κ1) is 17.0. The van der Waals surface area contributed by atoms with Gasteiger partial charge in [0, 0.05) is 0 Å². The molecule has 0 fully saturated rings. The van der Waals surface area contributed by atoms with Crippen LogP contribution in [0.2, 0.25) is 0 Å². The summed E-state index contributed by atoms with van der Waals surface area (Å²) in [7, 11) is 0. The number of ether oxygens (including phenoxy) is 1. The molecule has 0 saturated heterocycles. The summed E-state index contributed by atoms with van der Waals surface area (Å²) in [6.45, 7) is 1.96. The maximum Gasteiger partial charge on any atom is 0.419 e. The third-order valence-corrected chi connectivity index (χ3v) is 3.20. The second-order valence-electron chi connectivity index (χ2n) is 4.94. The lowest BCUT2D eigenvalue weighted by atomic mass is 10.1. The van der Waals surface area contributed by atoms with E-state index in [1.54, 1.807) is 24.3 Å². The molecule has 0 aliphatic carbocycles. The summed E-state index contributed by atoms with van der Waals surface area (Å²) >= 11 is 0. The number of para-hydroxylation sites is 1. The van der Waals surface area contributed by atoms with Gasteiger partial charge in [0.2, 0.25) is 0 Å². The van der Waals surface area contributed by atoms with Crippen molar-refractivity contribution in [3.05, 3.63) is 65.0 Å². The first-order valence-corrected chi connectivity index (χ1v) is 6.99. The van der Waals surface area contributed by atoms with E-state index in [4.69, 9.17) is 4.74 Å². The van der Waals surface area contributed by atoms with Crippen LogP contribution >= 0.6 is 0 Å². The number of hydrogen-bond donors (Lipinski definition) is 0. The van der Waals surface area contributed by atoms with E-state index in [0.29, 0.717) is 24.3 Å². The molecule has 0 N–H and O–H groups in total. The number of halogens is 4. The highest BCUT2D eigenvalue weighted by Gasteiger charge is 2.34. The van der Waals surface area contributed by atoms with Crippen LogP contribution in [-0.4, -0.2) is 5.97 Å². The van der Waals surface area contributed by atoms with Crippen molar-refractivity contribution in [2.24, 2.45) is 0 Å². The Hall–Kier alpha value is -2.37. The molecule has 2 aromatic rings. The lowest BCUT2D eigenvalue weighted by Gasteiger charge is -2.11. The maximum absolute atomic E-state index is 13.5. The third-order valence-electron chi connectivity index (χ3n) is 3.20. The first-order valence-electron chi connectivity index (χ1n) is 6.99. The highest BCUT2D eigenvalue weighted by atomic mass is 19.4. The van der Waals surface area contributed by atoms with Crippen LogP contribution in [0.5, 0.6) is 5.75 Å². The van der Waals surface area contributed by atoms with Crippen molar-refractivity contribution in [2.45, 2.75) is 25.9 Å². The van der Waals surface area contributed by atoms with E-state index in [1.165, 1.54) is 0 Å². The summed E-state index contributed by atoms with van der Waals surface area (Å²) in [6.07, 6.45) is -3.28. The predicted molar refractivity (Wildman–Crippen MR) is 76.8 cm³/mol. The van der Waals surface area contributed by atoms with E-state index in [0.717, 1.165) is 18.1 Å². The van der Waals surface area contributed by atoms with Crippen molar-refractivity contribution in [1.82, 2.24) is 0 Å². The van der Waals surface area contributed by atoms with Crippen molar-refractivity contribution >= 4 is 5.97 Å². The van der Waals surface area contributed by atoms with Crippen LogP contribution in [-0.2, 0) is 12.6 Å². The predicted octanol–water partition coefficient (Wildman–Crippen LogP) is 5.02. The number of benzene rings is 2. The number of rotatable bonds is 4. The van der Waals surface area contributed by atoms with E-state index in [-0.39, 0.29) is 5.56 Å². The normalized spacial score (nSPS) is 11.3. The Balaban J connectivity index is 2.24. The van der Waals surface area contributed by atoms with E-state index < -0.39 is 23.5 Å². The number of carbonyl (C=O) groups excluding carboxylic acids is 1. The Kier molecular flexibility index (Phi) is 5.03. The zero-order valence-corrected chi connectivity index (χ0v) is 12.3. The van der Waals surface area contributed by atoms with Gasteiger partial charge in [-0.1, -0.05) is 31.5 Å². The smallest absolute Gasteiger partial charge is 0.419 e. The molecule has 2 nitrogen and oxygen atoms in total.